The van der Waals surface area contributed by atoms with Crippen molar-refractivity contribution in [3.8, 4) is 44.8 Å². The van der Waals surface area contributed by atoms with Crippen LogP contribution in [0.4, 0.5) is 9.59 Å². The maximum absolute atomic E-state index is 13.7. The summed E-state index contributed by atoms with van der Waals surface area (Å²) in [5.74, 6) is 2.95. The summed E-state index contributed by atoms with van der Waals surface area (Å²) in [6.07, 6.45) is 10.3. The lowest BCUT2D eigenvalue weighted by Gasteiger charge is -2.30. The first-order chi connectivity index (χ1) is 31.0. The summed E-state index contributed by atoms with van der Waals surface area (Å²) in [6, 6.07) is 21.7. The van der Waals surface area contributed by atoms with E-state index >= 15 is 0 Å². The van der Waals surface area contributed by atoms with Gasteiger partial charge in [0.1, 0.15) is 17.7 Å². The summed E-state index contributed by atoms with van der Waals surface area (Å²) in [5, 5.41) is 5.75. The molecule has 13 heteroatoms. The van der Waals surface area contributed by atoms with Gasteiger partial charge in [0.25, 0.3) is 0 Å². The van der Waals surface area contributed by atoms with Crippen LogP contribution in [0.15, 0.2) is 73.1 Å². The molecule has 2 aromatic heterocycles. The molecular formula is C51H62N8O5. The van der Waals surface area contributed by atoms with Gasteiger partial charge >= 0.3 is 12.2 Å². The Hall–Kier alpha value is -5.95. The minimum Gasteiger partial charge on any atom is -0.453 e. The number of carbonyl (C=O) groups is 3. The van der Waals surface area contributed by atoms with Crippen LogP contribution in [-0.2, 0) is 14.3 Å². The Morgan fingerprint density at radius 1 is 0.656 bits per heavy atom. The number of hydrogen-bond donors (Lipinski definition) is 4. The molecule has 4 aliphatic rings. The lowest BCUT2D eigenvalue weighted by Crippen LogP contribution is -2.51. The van der Waals surface area contributed by atoms with Crippen LogP contribution in [0.5, 0.6) is 0 Å². The van der Waals surface area contributed by atoms with Gasteiger partial charge in [0.15, 0.2) is 0 Å². The van der Waals surface area contributed by atoms with Crippen LogP contribution in [-0.4, -0.2) is 93.8 Å². The number of nitrogens with one attached hydrogen (secondary N) is 4. The lowest BCUT2D eigenvalue weighted by atomic mass is 9.81. The molecule has 13 nitrogen and oxygen atoms in total. The minimum atomic E-state index is -0.674. The number of aromatic nitrogens is 4. The maximum Gasteiger partial charge on any atom is 0.407 e. The number of H-pyrrole nitrogens is 2. The van der Waals surface area contributed by atoms with E-state index in [2.05, 4.69) is 100 Å². The molecule has 5 aromatic rings. The smallest absolute Gasteiger partial charge is 0.407 e. The number of likely N-dealkylation sites (tertiary alicyclic amines) is 2. The highest BCUT2D eigenvalue weighted by molar-refractivity contribution is 5.86. The second-order valence-electron chi connectivity index (χ2n) is 18.9. The van der Waals surface area contributed by atoms with Gasteiger partial charge in [0, 0.05) is 19.1 Å². The largest absolute Gasteiger partial charge is 0.453 e. The van der Waals surface area contributed by atoms with Crippen LogP contribution >= 0.6 is 0 Å². The number of carbonyl (C=O) groups excluding carboxylic acids is 3. The van der Waals surface area contributed by atoms with Crippen molar-refractivity contribution in [3.63, 3.8) is 0 Å². The first kappa shape index (κ1) is 43.3. The number of fused-ring (bicyclic) bond motifs is 5. The first-order valence-electron chi connectivity index (χ1n) is 23.2. The van der Waals surface area contributed by atoms with E-state index in [0.29, 0.717) is 18.4 Å². The van der Waals surface area contributed by atoms with Crippen LogP contribution in [0.2, 0.25) is 0 Å². The first-order valence-corrected chi connectivity index (χ1v) is 23.2. The van der Waals surface area contributed by atoms with E-state index < -0.39 is 18.2 Å². The van der Waals surface area contributed by atoms with Gasteiger partial charge in [-0.2, -0.15) is 0 Å². The Balaban J connectivity index is 0.904. The summed E-state index contributed by atoms with van der Waals surface area (Å²) < 4.78 is 9.70. The molecular weight excluding hydrogens is 805 g/mol. The monoisotopic (exact) mass is 866 g/mol. The SMILES string of the molecule is COC(=O)N[C@H](C(=O)N1CCC[C@H]1c1ncc(-c2ccc(-c3ccc(-c4ccc(-c5cnc([C@@H]6CCCN6C[C@@H](NC(=O)OC)C(C)C)[nH]5)cc4)c4c3C3CCC4C3)cc2)[nH]1)C(C)C. The molecule has 3 amide bonds. The Bertz CT molecular complexity index is 2470. The van der Waals surface area contributed by atoms with E-state index in [1.54, 1.807) is 0 Å². The zero-order chi connectivity index (χ0) is 44.6. The Kier molecular flexibility index (Phi) is 12.4. The molecule has 2 aliphatic carbocycles. The molecule has 3 aromatic carbocycles. The number of amides is 3. The molecule has 2 aliphatic heterocycles. The molecule has 0 spiro atoms. The van der Waals surface area contributed by atoms with Gasteiger partial charge in [-0.15, -0.1) is 0 Å². The van der Waals surface area contributed by atoms with E-state index in [1.165, 1.54) is 66.9 Å². The fourth-order valence-electron chi connectivity index (χ4n) is 10.9. The van der Waals surface area contributed by atoms with Crippen LogP contribution in [0.3, 0.4) is 0 Å². The van der Waals surface area contributed by atoms with Gasteiger partial charge in [-0.3, -0.25) is 9.69 Å². The molecule has 6 atom stereocenters. The lowest BCUT2D eigenvalue weighted by molar-refractivity contribution is -0.135. The molecule has 4 heterocycles. The molecule has 2 unspecified atom stereocenters. The highest BCUT2D eigenvalue weighted by Crippen LogP contribution is 2.58. The van der Waals surface area contributed by atoms with Crippen molar-refractivity contribution in [1.82, 2.24) is 40.4 Å². The molecule has 3 fully saturated rings. The number of alkyl carbamates (subject to hydrolysis) is 2. The highest BCUT2D eigenvalue weighted by atomic mass is 16.5. The quantitative estimate of drug-likeness (QED) is 0.0911. The molecule has 2 saturated heterocycles. The number of rotatable bonds is 13. The topological polar surface area (TPSA) is 158 Å². The number of nitrogens with zero attached hydrogens (tertiary/aromatic N) is 4. The van der Waals surface area contributed by atoms with E-state index in [-0.39, 0.29) is 35.9 Å². The Morgan fingerprint density at radius 2 is 1.16 bits per heavy atom. The van der Waals surface area contributed by atoms with Gasteiger partial charge in [-0.05, 0) is 120 Å². The van der Waals surface area contributed by atoms with E-state index in [1.807, 2.05) is 31.1 Å². The average Bonchev–Trinajstić information content (AvgIpc) is 4.17. The maximum atomic E-state index is 13.7. The van der Waals surface area contributed by atoms with Gasteiger partial charge in [-0.1, -0.05) is 88.4 Å². The summed E-state index contributed by atoms with van der Waals surface area (Å²) in [4.78, 5) is 58.9. The molecule has 336 valence electrons. The van der Waals surface area contributed by atoms with Gasteiger partial charge in [0.2, 0.25) is 5.91 Å². The number of hydrogen-bond acceptors (Lipinski definition) is 8. The standard InChI is InChI=1S/C51H62N8O5/c1-29(2)41(56-50(61)63-5)28-58-23-7-9-42(58)47-52-26-39(54-47)33-15-11-31(12-16-33)37-21-22-38(45-36-20-19-35(25-36)44(37)45)32-13-17-34(18-14-32)40-27-53-48(55-40)43-10-8-24-59(43)49(60)46(30(3)4)57-51(62)64-6/h11-18,21-22,26-27,29-30,35-36,41-43,46H,7-10,19-20,23-25,28H2,1-6H3,(H,52,54)(H,53,55)(H,56,61)(H,57,62)/t35?,36?,41-,42+,43+,46+/m1/s1. The predicted octanol–water partition coefficient (Wildman–Crippen LogP) is 9.73. The van der Waals surface area contributed by atoms with E-state index in [9.17, 15) is 14.4 Å². The third-order valence-corrected chi connectivity index (χ3v) is 14.4. The number of aromatic amines is 2. The third kappa shape index (κ3) is 8.42. The summed E-state index contributed by atoms with van der Waals surface area (Å²) in [5.41, 5.74) is 12.2. The molecule has 1 saturated carbocycles. The van der Waals surface area contributed by atoms with Crippen molar-refractivity contribution in [1.29, 1.82) is 0 Å². The van der Waals surface area contributed by atoms with Gasteiger partial charge < -0.3 is 35.0 Å². The van der Waals surface area contributed by atoms with Crippen molar-refractivity contribution in [2.24, 2.45) is 11.8 Å². The van der Waals surface area contributed by atoms with E-state index in [0.717, 1.165) is 72.9 Å². The van der Waals surface area contributed by atoms with Crippen LogP contribution in [0.25, 0.3) is 44.8 Å². The number of imidazole rings is 2. The van der Waals surface area contributed by atoms with Crippen LogP contribution < -0.4 is 10.6 Å². The third-order valence-electron chi connectivity index (χ3n) is 14.4. The summed E-state index contributed by atoms with van der Waals surface area (Å²) in [7, 11) is 2.72. The van der Waals surface area contributed by atoms with Crippen LogP contribution in [0, 0.1) is 11.8 Å². The van der Waals surface area contributed by atoms with Crippen molar-refractivity contribution < 1.29 is 23.9 Å². The molecule has 4 N–H and O–H groups in total. The number of ether oxygens (including phenoxy) is 2. The fourth-order valence-corrected chi connectivity index (χ4v) is 10.9. The Morgan fingerprint density at radius 3 is 1.69 bits per heavy atom. The Labute approximate surface area is 376 Å². The molecule has 0 radical (unpaired) electrons. The normalized spacial score (nSPS) is 21.3. The number of benzene rings is 3. The highest BCUT2D eigenvalue weighted by Gasteiger charge is 2.41. The van der Waals surface area contributed by atoms with Gasteiger partial charge in [-0.25, -0.2) is 19.6 Å². The zero-order valence-electron chi connectivity index (χ0n) is 37.9. The minimum absolute atomic E-state index is 0.0112. The second-order valence-corrected chi connectivity index (χ2v) is 18.9. The van der Waals surface area contributed by atoms with Crippen molar-refractivity contribution in [2.45, 2.75) is 109 Å². The van der Waals surface area contributed by atoms with Gasteiger partial charge in [0.05, 0.1) is 50.1 Å². The van der Waals surface area contributed by atoms with E-state index in [4.69, 9.17) is 19.4 Å². The molecule has 2 bridgehead atoms. The second kappa shape index (κ2) is 18.3. The van der Waals surface area contributed by atoms with Crippen molar-refractivity contribution in [3.05, 3.63) is 95.8 Å². The van der Waals surface area contributed by atoms with Crippen molar-refractivity contribution in [2.75, 3.05) is 33.9 Å². The summed E-state index contributed by atoms with van der Waals surface area (Å²) in [6.45, 7) is 10.4. The average molecular weight is 867 g/mol. The molecule has 9 rings (SSSR count). The molecule has 64 heavy (non-hydrogen) atoms. The zero-order valence-corrected chi connectivity index (χ0v) is 37.9. The van der Waals surface area contributed by atoms with Crippen molar-refractivity contribution >= 4 is 18.1 Å². The number of methoxy groups -OCH3 is 2. The van der Waals surface area contributed by atoms with Crippen LogP contribution in [0.1, 0.15) is 119 Å². The fraction of sp³-hybridized carbons (Fsp3) is 0.471. The predicted molar refractivity (Wildman–Crippen MR) is 247 cm³/mol. The summed E-state index contributed by atoms with van der Waals surface area (Å²) >= 11 is 0.